The highest BCUT2D eigenvalue weighted by Crippen LogP contribution is 2.17. The summed E-state index contributed by atoms with van der Waals surface area (Å²) in [5, 5.41) is 4.52. The molecule has 0 unspecified atom stereocenters. The van der Waals surface area contributed by atoms with E-state index in [0.717, 1.165) is 9.78 Å². The molecule has 144 valence electrons. The number of rotatable bonds is 9. The minimum absolute atomic E-state index is 0.153. The van der Waals surface area contributed by atoms with E-state index in [1.165, 1.54) is 43.1 Å². The lowest BCUT2D eigenvalue weighted by atomic mass is 10.3. The van der Waals surface area contributed by atoms with Gasteiger partial charge in [0.25, 0.3) is 5.91 Å². The Labute approximate surface area is 164 Å². The molecule has 0 aliphatic carbocycles. The van der Waals surface area contributed by atoms with Crippen LogP contribution >= 0.6 is 23.1 Å². The van der Waals surface area contributed by atoms with Gasteiger partial charge in [0.1, 0.15) is 5.82 Å². The number of nitrogens with one attached hydrogen (secondary N) is 1. The molecule has 27 heavy (non-hydrogen) atoms. The van der Waals surface area contributed by atoms with Crippen molar-refractivity contribution < 1.29 is 23.5 Å². The third-order valence-corrected chi connectivity index (χ3v) is 5.35. The lowest BCUT2D eigenvalue weighted by Gasteiger charge is -2.16. The summed E-state index contributed by atoms with van der Waals surface area (Å²) in [6.07, 6.45) is 0. The van der Waals surface area contributed by atoms with Crippen LogP contribution in [0.25, 0.3) is 0 Å². The highest BCUT2D eigenvalue weighted by Gasteiger charge is 2.15. The minimum atomic E-state index is -0.485. The molecule has 6 nitrogen and oxygen atoms in total. The summed E-state index contributed by atoms with van der Waals surface area (Å²) in [6, 6.07) is 9.22. The molecule has 0 saturated carbocycles. The van der Waals surface area contributed by atoms with Gasteiger partial charge in [-0.2, -0.15) is 0 Å². The maximum atomic E-state index is 12.8. The molecule has 0 fully saturated rings. The van der Waals surface area contributed by atoms with Gasteiger partial charge in [0, 0.05) is 23.4 Å². The fourth-order valence-electron chi connectivity index (χ4n) is 1.96. The van der Waals surface area contributed by atoms with E-state index in [1.807, 2.05) is 17.5 Å². The second kappa shape index (κ2) is 10.7. The van der Waals surface area contributed by atoms with E-state index >= 15 is 0 Å². The van der Waals surface area contributed by atoms with Crippen LogP contribution in [0.15, 0.2) is 41.8 Å². The number of amides is 2. The number of ether oxygens (including phenoxy) is 1. The number of benzene rings is 1. The summed E-state index contributed by atoms with van der Waals surface area (Å²) >= 11 is 3.03. The number of thiophene rings is 1. The van der Waals surface area contributed by atoms with Gasteiger partial charge < -0.3 is 15.0 Å². The summed E-state index contributed by atoms with van der Waals surface area (Å²) in [6.45, 7) is -0.625. The van der Waals surface area contributed by atoms with E-state index in [4.69, 9.17) is 4.74 Å². The highest BCUT2D eigenvalue weighted by molar-refractivity contribution is 7.99. The number of anilines is 1. The van der Waals surface area contributed by atoms with Crippen molar-refractivity contribution in [3.05, 3.63) is 52.5 Å². The second-order valence-corrected chi connectivity index (χ2v) is 7.56. The number of nitrogens with zero attached hydrogens (tertiary/aromatic N) is 1. The van der Waals surface area contributed by atoms with Gasteiger partial charge in [-0.1, -0.05) is 6.07 Å². The molecule has 2 aromatic rings. The van der Waals surface area contributed by atoms with Crippen molar-refractivity contribution in [2.24, 2.45) is 0 Å². The molecule has 1 N–H and O–H groups in total. The molecule has 2 amide bonds. The van der Waals surface area contributed by atoms with Crippen molar-refractivity contribution in [2.75, 3.05) is 31.3 Å². The summed E-state index contributed by atoms with van der Waals surface area (Å²) in [5.74, 6) is -0.940. The number of likely N-dealkylation sites (N-methyl/N-ethyl adjacent to an activating group) is 1. The van der Waals surface area contributed by atoms with Crippen molar-refractivity contribution in [3.8, 4) is 0 Å². The van der Waals surface area contributed by atoms with Crippen LogP contribution in [0.3, 0.4) is 0 Å². The van der Waals surface area contributed by atoms with E-state index < -0.39 is 30.2 Å². The first-order valence-corrected chi connectivity index (χ1v) is 10.0. The van der Waals surface area contributed by atoms with Crippen LogP contribution in [0.5, 0.6) is 0 Å². The zero-order chi connectivity index (χ0) is 19.6. The first kappa shape index (κ1) is 20.9. The quantitative estimate of drug-likeness (QED) is 0.644. The molecule has 0 bridgehead atoms. The Morgan fingerprint density at radius 2 is 1.96 bits per heavy atom. The normalized spacial score (nSPS) is 10.3. The van der Waals surface area contributed by atoms with Crippen molar-refractivity contribution in [1.29, 1.82) is 0 Å². The molecule has 0 radical (unpaired) electrons. The first-order valence-electron chi connectivity index (χ1n) is 7.99. The molecule has 1 heterocycles. The number of thioether (sulfide) groups is 1. The monoisotopic (exact) mass is 410 g/mol. The van der Waals surface area contributed by atoms with Crippen molar-refractivity contribution in [2.45, 2.75) is 5.75 Å². The summed E-state index contributed by atoms with van der Waals surface area (Å²) in [5.41, 5.74) is 0.427. The lowest BCUT2D eigenvalue weighted by molar-refractivity contribution is -0.149. The number of halogens is 1. The second-order valence-electron chi connectivity index (χ2n) is 5.54. The van der Waals surface area contributed by atoms with Crippen molar-refractivity contribution >= 4 is 46.6 Å². The predicted molar refractivity (Wildman–Crippen MR) is 104 cm³/mol. The summed E-state index contributed by atoms with van der Waals surface area (Å²) in [4.78, 5) is 37.8. The Morgan fingerprint density at radius 3 is 2.63 bits per heavy atom. The molecule has 0 saturated heterocycles. The standard InChI is InChI=1S/C18H19FN2O4S2/c1-21(9-16(22)20-14-6-4-13(19)5-7-14)17(23)10-25-18(24)12-26-11-15-3-2-8-27-15/h2-8H,9-12H2,1H3,(H,20,22). The van der Waals surface area contributed by atoms with Crippen LogP contribution in [0.2, 0.25) is 0 Å². The first-order chi connectivity index (χ1) is 12.9. The van der Waals surface area contributed by atoms with Gasteiger partial charge in [-0.3, -0.25) is 14.4 Å². The molecule has 9 heteroatoms. The Morgan fingerprint density at radius 1 is 1.22 bits per heavy atom. The lowest BCUT2D eigenvalue weighted by Crippen LogP contribution is -2.37. The Bertz CT molecular complexity index is 766. The van der Waals surface area contributed by atoms with Gasteiger partial charge in [-0.15, -0.1) is 23.1 Å². The van der Waals surface area contributed by atoms with Gasteiger partial charge in [-0.05, 0) is 35.7 Å². The number of hydrogen-bond donors (Lipinski definition) is 1. The fourth-order valence-corrected chi connectivity index (χ4v) is 3.62. The van der Waals surface area contributed by atoms with Gasteiger partial charge in [0.15, 0.2) is 6.61 Å². The minimum Gasteiger partial charge on any atom is -0.455 e. The molecule has 2 rings (SSSR count). The molecular formula is C18H19FN2O4S2. The SMILES string of the molecule is CN(CC(=O)Nc1ccc(F)cc1)C(=O)COC(=O)CSCc1cccs1. The number of carbonyl (C=O) groups excluding carboxylic acids is 3. The van der Waals surface area contributed by atoms with Crippen molar-refractivity contribution in [3.63, 3.8) is 0 Å². The number of carbonyl (C=O) groups is 3. The Balaban J connectivity index is 1.64. The van der Waals surface area contributed by atoms with Gasteiger partial charge in [0.2, 0.25) is 5.91 Å². The van der Waals surface area contributed by atoms with E-state index in [1.54, 1.807) is 11.3 Å². The van der Waals surface area contributed by atoms with Crippen LogP contribution in [0.1, 0.15) is 4.88 Å². The van der Waals surface area contributed by atoms with E-state index in [0.29, 0.717) is 11.4 Å². The summed E-state index contributed by atoms with van der Waals surface area (Å²) < 4.78 is 17.8. The number of esters is 1. The smallest absolute Gasteiger partial charge is 0.316 e. The number of hydrogen-bond acceptors (Lipinski definition) is 6. The Kier molecular flexibility index (Phi) is 8.28. The third kappa shape index (κ3) is 7.79. The van der Waals surface area contributed by atoms with Crippen LogP contribution < -0.4 is 5.32 Å². The van der Waals surface area contributed by atoms with Crippen LogP contribution in [0.4, 0.5) is 10.1 Å². The molecule has 0 aliphatic heterocycles. The summed E-state index contributed by atoms with van der Waals surface area (Å²) in [7, 11) is 1.44. The largest absolute Gasteiger partial charge is 0.455 e. The van der Waals surface area contributed by atoms with Gasteiger partial charge in [-0.25, -0.2) is 4.39 Å². The average Bonchev–Trinajstić information content (AvgIpc) is 3.15. The zero-order valence-electron chi connectivity index (χ0n) is 14.6. The van der Waals surface area contributed by atoms with Crippen LogP contribution in [-0.4, -0.2) is 48.6 Å². The topological polar surface area (TPSA) is 75.7 Å². The fraction of sp³-hybridized carbons (Fsp3) is 0.278. The molecular weight excluding hydrogens is 391 g/mol. The van der Waals surface area contributed by atoms with Gasteiger partial charge >= 0.3 is 5.97 Å². The van der Waals surface area contributed by atoms with E-state index in [9.17, 15) is 18.8 Å². The maximum Gasteiger partial charge on any atom is 0.316 e. The van der Waals surface area contributed by atoms with Crippen LogP contribution in [0, 0.1) is 5.82 Å². The maximum absolute atomic E-state index is 12.8. The molecule has 1 aromatic heterocycles. The van der Waals surface area contributed by atoms with Gasteiger partial charge in [0.05, 0.1) is 12.3 Å². The van der Waals surface area contributed by atoms with Crippen LogP contribution in [-0.2, 0) is 24.9 Å². The molecule has 0 atom stereocenters. The Hall–Kier alpha value is -2.39. The third-order valence-electron chi connectivity index (χ3n) is 3.34. The predicted octanol–water partition coefficient (Wildman–Crippen LogP) is 2.76. The van der Waals surface area contributed by atoms with Crippen molar-refractivity contribution in [1.82, 2.24) is 4.90 Å². The molecule has 0 aliphatic rings. The average molecular weight is 410 g/mol. The highest BCUT2D eigenvalue weighted by atomic mass is 32.2. The molecule has 1 aromatic carbocycles. The van der Waals surface area contributed by atoms with E-state index in [-0.39, 0.29) is 12.3 Å². The zero-order valence-corrected chi connectivity index (χ0v) is 16.3. The van der Waals surface area contributed by atoms with E-state index in [2.05, 4.69) is 5.32 Å². The molecule has 0 spiro atoms.